The molecule has 96 valence electrons. The molecule has 0 saturated heterocycles. The lowest BCUT2D eigenvalue weighted by atomic mass is 10.2. The Morgan fingerprint density at radius 1 is 1.53 bits per heavy atom. The number of anilines is 1. The summed E-state index contributed by atoms with van der Waals surface area (Å²) < 4.78 is 0. The van der Waals surface area contributed by atoms with E-state index in [-0.39, 0.29) is 0 Å². The van der Waals surface area contributed by atoms with E-state index in [4.69, 9.17) is 0 Å². The van der Waals surface area contributed by atoms with Crippen LogP contribution in [0.25, 0.3) is 0 Å². The summed E-state index contributed by atoms with van der Waals surface area (Å²) in [6, 6.07) is 0.835. The second-order valence-corrected chi connectivity index (χ2v) is 6.33. The SMILES string of the molecule is CCNc1ncc(CN(CC(C)C)C2CC2)s1. The topological polar surface area (TPSA) is 28.2 Å². The van der Waals surface area contributed by atoms with E-state index < -0.39 is 0 Å². The van der Waals surface area contributed by atoms with Crippen molar-refractivity contribution >= 4 is 16.5 Å². The Labute approximate surface area is 108 Å². The Bertz CT molecular complexity index is 344. The summed E-state index contributed by atoms with van der Waals surface area (Å²) in [4.78, 5) is 8.40. The maximum absolute atomic E-state index is 4.40. The number of rotatable bonds is 7. The first-order chi connectivity index (χ1) is 8.19. The van der Waals surface area contributed by atoms with Gasteiger partial charge in [-0.3, -0.25) is 4.90 Å². The zero-order valence-corrected chi connectivity index (χ0v) is 11.9. The lowest BCUT2D eigenvalue weighted by molar-refractivity contribution is 0.228. The molecule has 4 heteroatoms. The number of nitrogens with zero attached hydrogens (tertiary/aromatic N) is 2. The van der Waals surface area contributed by atoms with Crippen LogP contribution in [0.5, 0.6) is 0 Å². The molecule has 1 aliphatic rings. The Kier molecular flexibility index (Phi) is 4.40. The van der Waals surface area contributed by atoms with Gasteiger partial charge in [0.15, 0.2) is 5.13 Å². The minimum absolute atomic E-state index is 0.747. The van der Waals surface area contributed by atoms with E-state index in [1.165, 1.54) is 24.3 Å². The highest BCUT2D eigenvalue weighted by molar-refractivity contribution is 7.15. The Balaban J connectivity index is 1.91. The first-order valence-corrected chi connectivity index (χ1v) is 7.43. The average molecular weight is 253 g/mol. The predicted octanol–water partition coefficient (Wildman–Crippen LogP) is 3.20. The summed E-state index contributed by atoms with van der Waals surface area (Å²) >= 11 is 1.79. The van der Waals surface area contributed by atoms with Crippen molar-refractivity contribution in [1.29, 1.82) is 0 Å². The molecule has 0 amide bonds. The van der Waals surface area contributed by atoms with Crippen molar-refractivity contribution in [2.75, 3.05) is 18.4 Å². The van der Waals surface area contributed by atoms with Crippen LogP contribution in [0, 0.1) is 5.92 Å². The van der Waals surface area contributed by atoms with Gasteiger partial charge in [-0.1, -0.05) is 13.8 Å². The molecule has 0 radical (unpaired) electrons. The van der Waals surface area contributed by atoms with Crippen molar-refractivity contribution in [2.24, 2.45) is 5.92 Å². The van der Waals surface area contributed by atoms with Gasteiger partial charge in [0, 0.05) is 36.8 Å². The third-order valence-corrected chi connectivity index (χ3v) is 3.84. The largest absolute Gasteiger partial charge is 0.362 e. The molecule has 2 rings (SSSR count). The molecule has 1 heterocycles. The van der Waals surface area contributed by atoms with Crippen LogP contribution >= 0.6 is 11.3 Å². The van der Waals surface area contributed by atoms with Crippen LogP contribution in [0.3, 0.4) is 0 Å². The van der Waals surface area contributed by atoms with E-state index in [1.807, 2.05) is 6.20 Å². The summed E-state index contributed by atoms with van der Waals surface area (Å²) in [5.74, 6) is 0.747. The van der Waals surface area contributed by atoms with E-state index in [2.05, 4.69) is 36.0 Å². The standard InChI is InChI=1S/C13H23N3S/c1-4-14-13-15-7-12(17-13)9-16(8-10(2)3)11-5-6-11/h7,10-11H,4-6,8-9H2,1-3H3,(H,14,15). The third kappa shape index (κ3) is 3.96. The highest BCUT2D eigenvalue weighted by Gasteiger charge is 2.29. The normalized spacial score (nSPS) is 15.8. The van der Waals surface area contributed by atoms with Crippen molar-refractivity contribution in [3.8, 4) is 0 Å². The molecule has 17 heavy (non-hydrogen) atoms. The second-order valence-electron chi connectivity index (χ2n) is 5.22. The summed E-state index contributed by atoms with van der Waals surface area (Å²) in [5, 5.41) is 4.33. The van der Waals surface area contributed by atoms with Crippen LogP contribution in [-0.2, 0) is 6.54 Å². The molecule has 0 aromatic carbocycles. The molecule has 1 aliphatic carbocycles. The molecule has 0 unspecified atom stereocenters. The zero-order chi connectivity index (χ0) is 12.3. The number of hydrogen-bond donors (Lipinski definition) is 1. The van der Waals surface area contributed by atoms with Crippen molar-refractivity contribution < 1.29 is 0 Å². The molecule has 0 spiro atoms. The van der Waals surface area contributed by atoms with Crippen molar-refractivity contribution in [2.45, 2.75) is 46.2 Å². The van der Waals surface area contributed by atoms with Crippen molar-refractivity contribution in [1.82, 2.24) is 9.88 Å². The van der Waals surface area contributed by atoms with Crippen LogP contribution in [0.15, 0.2) is 6.20 Å². The van der Waals surface area contributed by atoms with Crippen LogP contribution in [0.2, 0.25) is 0 Å². The average Bonchev–Trinajstić information content (AvgIpc) is 3.01. The van der Waals surface area contributed by atoms with Crippen LogP contribution < -0.4 is 5.32 Å². The van der Waals surface area contributed by atoms with Gasteiger partial charge in [0.05, 0.1) is 0 Å². The molecular formula is C13H23N3S. The fraction of sp³-hybridized carbons (Fsp3) is 0.769. The first-order valence-electron chi connectivity index (χ1n) is 6.61. The lowest BCUT2D eigenvalue weighted by Crippen LogP contribution is -2.29. The fourth-order valence-corrected chi connectivity index (χ4v) is 2.97. The summed E-state index contributed by atoms with van der Waals surface area (Å²) in [5.41, 5.74) is 0. The monoisotopic (exact) mass is 253 g/mol. The van der Waals surface area contributed by atoms with E-state index in [9.17, 15) is 0 Å². The van der Waals surface area contributed by atoms with Gasteiger partial charge in [-0.2, -0.15) is 0 Å². The Morgan fingerprint density at radius 3 is 2.88 bits per heavy atom. The van der Waals surface area contributed by atoms with Crippen LogP contribution in [-0.4, -0.2) is 29.0 Å². The van der Waals surface area contributed by atoms with E-state index in [0.29, 0.717) is 0 Å². The van der Waals surface area contributed by atoms with Gasteiger partial charge in [-0.25, -0.2) is 4.98 Å². The quantitative estimate of drug-likeness (QED) is 0.809. The van der Waals surface area contributed by atoms with E-state index in [0.717, 1.165) is 30.2 Å². The summed E-state index contributed by atoms with van der Waals surface area (Å²) in [6.45, 7) is 9.94. The Hall–Kier alpha value is -0.610. The molecule has 1 fully saturated rings. The maximum Gasteiger partial charge on any atom is 0.182 e. The van der Waals surface area contributed by atoms with Gasteiger partial charge in [0.25, 0.3) is 0 Å². The van der Waals surface area contributed by atoms with Gasteiger partial charge in [-0.05, 0) is 25.7 Å². The minimum atomic E-state index is 0.747. The molecule has 1 N–H and O–H groups in total. The number of aromatic nitrogens is 1. The van der Waals surface area contributed by atoms with Gasteiger partial charge in [0.2, 0.25) is 0 Å². The highest BCUT2D eigenvalue weighted by Crippen LogP contribution is 2.30. The van der Waals surface area contributed by atoms with Crippen molar-refractivity contribution in [3.05, 3.63) is 11.1 Å². The minimum Gasteiger partial charge on any atom is -0.362 e. The Morgan fingerprint density at radius 2 is 2.29 bits per heavy atom. The van der Waals surface area contributed by atoms with Gasteiger partial charge in [-0.15, -0.1) is 11.3 Å². The number of nitrogens with one attached hydrogen (secondary N) is 1. The summed E-state index contributed by atoms with van der Waals surface area (Å²) in [6.07, 6.45) is 4.79. The van der Waals surface area contributed by atoms with Crippen molar-refractivity contribution in [3.63, 3.8) is 0 Å². The number of hydrogen-bond acceptors (Lipinski definition) is 4. The molecule has 3 nitrogen and oxygen atoms in total. The van der Waals surface area contributed by atoms with Crippen LogP contribution in [0.1, 0.15) is 38.5 Å². The fourth-order valence-electron chi connectivity index (χ4n) is 2.07. The zero-order valence-electron chi connectivity index (χ0n) is 11.1. The smallest absolute Gasteiger partial charge is 0.182 e. The van der Waals surface area contributed by atoms with E-state index >= 15 is 0 Å². The first kappa shape index (κ1) is 12.8. The third-order valence-electron chi connectivity index (χ3n) is 2.90. The lowest BCUT2D eigenvalue weighted by Gasteiger charge is -2.22. The van der Waals surface area contributed by atoms with Gasteiger partial charge >= 0.3 is 0 Å². The predicted molar refractivity (Wildman–Crippen MR) is 74.5 cm³/mol. The van der Waals surface area contributed by atoms with Gasteiger partial charge in [0.1, 0.15) is 0 Å². The maximum atomic E-state index is 4.40. The molecule has 1 saturated carbocycles. The number of thiazole rings is 1. The second kappa shape index (κ2) is 5.83. The molecule has 0 atom stereocenters. The molecule has 0 aliphatic heterocycles. The highest BCUT2D eigenvalue weighted by atomic mass is 32.1. The molecule has 1 aromatic heterocycles. The molecule has 1 aromatic rings. The summed E-state index contributed by atoms with van der Waals surface area (Å²) in [7, 11) is 0. The van der Waals surface area contributed by atoms with E-state index in [1.54, 1.807) is 11.3 Å². The van der Waals surface area contributed by atoms with Crippen LogP contribution in [0.4, 0.5) is 5.13 Å². The molecule has 0 bridgehead atoms. The molecular weight excluding hydrogens is 230 g/mol. The van der Waals surface area contributed by atoms with Gasteiger partial charge < -0.3 is 5.32 Å².